The molecule has 0 aliphatic heterocycles. The number of halogens is 1. The molecule has 1 aliphatic rings. The molecule has 5 nitrogen and oxygen atoms in total. The second-order valence-electron chi connectivity index (χ2n) is 6.12. The summed E-state index contributed by atoms with van der Waals surface area (Å²) in [6.07, 6.45) is 4.49. The Labute approximate surface area is 157 Å². The van der Waals surface area contributed by atoms with Gasteiger partial charge in [0.2, 0.25) is 0 Å². The molecule has 0 fully saturated rings. The highest BCUT2D eigenvalue weighted by atomic mass is 35.5. The number of ether oxygens (including phenoxy) is 2. The van der Waals surface area contributed by atoms with Crippen LogP contribution in [0.15, 0.2) is 60.7 Å². The Morgan fingerprint density at radius 1 is 1.23 bits per heavy atom. The van der Waals surface area contributed by atoms with E-state index < -0.39 is 6.09 Å². The summed E-state index contributed by atoms with van der Waals surface area (Å²) in [5, 5.41) is 11.3. The lowest BCUT2D eigenvalue weighted by atomic mass is 9.94. The quantitative estimate of drug-likeness (QED) is 0.451. The molecule has 0 saturated carbocycles. The predicted molar refractivity (Wildman–Crippen MR) is 98.7 cm³/mol. The normalized spacial score (nSPS) is 18.6. The van der Waals surface area contributed by atoms with Crippen LogP contribution in [0, 0.1) is 5.92 Å². The third-order valence-electron chi connectivity index (χ3n) is 4.33. The van der Waals surface area contributed by atoms with Gasteiger partial charge in [0, 0.05) is 10.9 Å². The minimum atomic E-state index is -0.748. The van der Waals surface area contributed by atoms with Gasteiger partial charge in [0.1, 0.15) is 11.5 Å². The summed E-state index contributed by atoms with van der Waals surface area (Å²) in [4.78, 5) is 11.6. The van der Waals surface area contributed by atoms with Crippen LogP contribution in [0.3, 0.4) is 0 Å². The number of methoxy groups -OCH3 is 1. The fourth-order valence-corrected chi connectivity index (χ4v) is 3.27. The first kappa shape index (κ1) is 18.3. The van der Waals surface area contributed by atoms with E-state index in [0.717, 1.165) is 5.56 Å². The fraction of sp³-hybridized carbons (Fsp3) is 0.250. The minimum absolute atomic E-state index is 0.000481. The van der Waals surface area contributed by atoms with Gasteiger partial charge in [0.25, 0.3) is 0 Å². The van der Waals surface area contributed by atoms with E-state index in [2.05, 4.69) is 4.74 Å². The van der Waals surface area contributed by atoms with Gasteiger partial charge >= 0.3 is 6.09 Å². The molecule has 0 spiro atoms. The van der Waals surface area contributed by atoms with E-state index in [-0.39, 0.29) is 12.0 Å². The number of amides is 1. The zero-order chi connectivity index (χ0) is 18.5. The highest BCUT2D eigenvalue weighted by molar-refractivity contribution is 6.30. The Morgan fingerprint density at radius 3 is 2.69 bits per heavy atom. The summed E-state index contributed by atoms with van der Waals surface area (Å²) in [7, 11) is 1.25. The number of hydrogen-bond donors (Lipinski definition) is 1. The maximum absolute atomic E-state index is 11.6. The van der Waals surface area contributed by atoms with E-state index in [4.69, 9.17) is 16.3 Å². The van der Waals surface area contributed by atoms with Gasteiger partial charge in [-0.15, -0.1) is 0 Å². The summed E-state index contributed by atoms with van der Waals surface area (Å²) in [5.41, 5.74) is 1.05. The minimum Gasteiger partial charge on any atom is -0.457 e. The van der Waals surface area contributed by atoms with Gasteiger partial charge in [0.05, 0.1) is 13.2 Å². The van der Waals surface area contributed by atoms with Crippen LogP contribution in [0.25, 0.3) is 0 Å². The van der Waals surface area contributed by atoms with Gasteiger partial charge in [-0.3, -0.25) is 5.21 Å². The molecule has 0 radical (unpaired) electrons. The van der Waals surface area contributed by atoms with E-state index in [0.29, 0.717) is 34.4 Å². The van der Waals surface area contributed by atoms with Crippen LogP contribution in [-0.2, 0) is 11.2 Å². The van der Waals surface area contributed by atoms with Gasteiger partial charge in [-0.2, -0.15) is 5.06 Å². The second kappa shape index (κ2) is 8.25. The number of carbonyl (C=O) groups excluding carboxylic acids is 1. The molecule has 0 heterocycles. The van der Waals surface area contributed by atoms with Crippen LogP contribution in [0.1, 0.15) is 12.0 Å². The van der Waals surface area contributed by atoms with E-state index in [1.165, 1.54) is 7.11 Å². The Bertz CT molecular complexity index is 808. The average molecular weight is 374 g/mol. The van der Waals surface area contributed by atoms with Crippen LogP contribution in [-0.4, -0.2) is 29.5 Å². The topological polar surface area (TPSA) is 59.0 Å². The maximum atomic E-state index is 11.6. The summed E-state index contributed by atoms with van der Waals surface area (Å²) in [6.45, 7) is 0. The molecule has 1 amide bonds. The monoisotopic (exact) mass is 373 g/mol. The SMILES string of the molecule is COC(=O)N(O)[C@H]1CC=C[C@@H]1Cc1cccc(Oc2cccc(Cl)c2)c1. The molecular weight excluding hydrogens is 354 g/mol. The van der Waals surface area contributed by atoms with Crippen molar-refractivity contribution < 1.29 is 19.5 Å². The maximum Gasteiger partial charge on any atom is 0.433 e. The van der Waals surface area contributed by atoms with Gasteiger partial charge in [-0.05, 0) is 48.7 Å². The van der Waals surface area contributed by atoms with E-state index in [1.54, 1.807) is 12.1 Å². The summed E-state index contributed by atoms with van der Waals surface area (Å²) in [6, 6.07) is 14.6. The molecule has 1 N–H and O–H groups in total. The number of carbonyl (C=O) groups is 1. The zero-order valence-corrected chi connectivity index (χ0v) is 15.1. The van der Waals surface area contributed by atoms with Crippen molar-refractivity contribution in [1.29, 1.82) is 0 Å². The van der Waals surface area contributed by atoms with Crippen LogP contribution < -0.4 is 4.74 Å². The lowest BCUT2D eigenvalue weighted by Gasteiger charge is -2.26. The summed E-state index contributed by atoms with van der Waals surface area (Å²) in [5.74, 6) is 1.37. The van der Waals surface area contributed by atoms with Crippen molar-refractivity contribution in [3.05, 3.63) is 71.3 Å². The van der Waals surface area contributed by atoms with Crippen molar-refractivity contribution in [3.63, 3.8) is 0 Å². The van der Waals surface area contributed by atoms with Gasteiger partial charge in [-0.1, -0.05) is 42.0 Å². The third kappa shape index (κ3) is 4.36. The summed E-state index contributed by atoms with van der Waals surface area (Å²) < 4.78 is 10.5. The Balaban J connectivity index is 1.70. The average Bonchev–Trinajstić information content (AvgIpc) is 3.08. The molecule has 0 aromatic heterocycles. The van der Waals surface area contributed by atoms with Crippen LogP contribution >= 0.6 is 11.6 Å². The molecule has 0 saturated heterocycles. The van der Waals surface area contributed by atoms with Crippen LogP contribution in [0.2, 0.25) is 5.02 Å². The number of hydroxylamine groups is 2. The largest absolute Gasteiger partial charge is 0.457 e. The second-order valence-corrected chi connectivity index (χ2v) is 6.56. The Morgan fingerprint density at radius 2 is 1.96 bits per heavy atom. The standard InChI is InChI=1S/C20H20ClNO4/c1-25-20(23)22(24)19-10-3-6-15(19)11-14-5-2-8-17(12-14)26-18-9-4-7-16(21)13-18/h2-9,12-13,15,19,24H,10-11H2,1H3/t15-,19+/m1/s1. The van der Waals surface area contributed by atoms with Gasteiger partial charge in [-0.25, -0.2) is 4.79 Å². The van der Waals surface area contributed by atoms with Crippen molar-refractivity contribution >= 4 is 17.7 Å². The van der Waals surface area contributed by atoms with Gasteiger partial charge in [0.15, 0.2) is 0 Å². The van der Waals surface area contributed by atoms with Crippen molar-refractivity contribution in [1.82, 2.24) is 5.06 Å². The predicted octanol–water partition coefficient (Wildman–Crippen LogP) is 5.08. The number of rotatable bonds is 5. The fourth-order valence-electron chi connectivity index (χ4n) is 3.08. The molecule has 2 aromatic carbocycles. The lowest BCUT2D eigenvalue weighted by Crippen LogP contribution is -2.40. The van der Waals surface area contributed by atoms with E-state index >= 15 is 0 Å². The van der Waals surface area contributed by atoms with Crippen molar-refractivity contribution in [2.75, 3.05) is 7.11 Å². The first-order valence-electron chi connectivity index (χ1n) is 8.32. The number of benzene rings is 2. The summed E-state index contributed by atoms with van der Waals surface area (Å²) >= 11 is 5.99. The number of hydrogen-bond acceptors (Lipinski definition) is 4. The molecule has 6 heteroatoms. The van der Waals surface area contributed by atoms with E-state index in [1.807, 2.05) is 48.6 Å². The van der Waals surface area contributed by atoms with Gasteiger partial charge < -0.3 is 9.47 Å². The first-order chi connectivity index (χ1) is 12.6. The van der Waals surface area contributed by atoms with Crippen molar-refractivity contribution in [3.8, 4) is 11.5 Å². The molecule has 0 unspecified atom stereocenters. The first-order valence-corrected chi connectivity index (χ1v) is 8.69. The molecule has 3 rings (SSSR count). The molecule has 136 valence electrons. The Hall–Kier alpha value is -2.50. The molecule has 0 bridgehead atoms. The smallest absolute Gasteiger partial charge is 0.433 e. The lowest BCUT2D eigenvalue weighted by molar-refractivity contribution is -0.107. The van der Waals surface area contributed by atoms with Crippen molar-refractivity contribution in [2.24, 2.45) is 5.92 Å². The molecule has 26 heavy (non-hydrogen) atoms. The number of nitrogens with zero attached hydrogens (tertiary/aromatic N) is 1. The highest BCUT2D eigenvalue weighted by Crippen LogP contribution is 2.29. The molecular formula is C20H20ClNO4. The molecule has 2 aromatic rings. The van der Waals surface area contributed by atoms with E-state index in [9.17, 15) is 10.0 Å². The van der Waals surface area contributed by atoms with Crippen LogP contribution in [0.5, 0.6) is 11.5 Å². The van der Waals surface area contributed by atoms with Crippen molar-refractivity contribution in [2.45, 2.75) is 18.9 Å². The molecule has 2 atom stereocenters. The third-order valence-corrected chi connectivity index (χ3v) is 4.57. The highest BCUT2D eigenvalue weighted by Gasteiger charge is 2.31. The zero-order valence-electron chi connectivity index (χ0n) is 14.3. The Kier molecular flexibility index (Phi) is 5.81. The van der Waals surface area contributed by atoms with Crippen LogP contribution in [0.4, 0.5) is 4.79 Å². The molecule has 1 aliphatic carbocycles.